The lowest BCUT2D eigenvalue weighted by Gasteiger charge is -2.10. The average Bonchev–Trinajstić information content (AvgIpc) is 2.07. The van der Waals surface area contributed by atoms with Gasteiger partial charge in [-0.05, 0) is 13.0 Å². The summed E-state index contributed by atoms with van der Waals surface area (Å²) in [5.74, 6) is -0.456. The molecule has 0 spiro atoms. The van der Waals surface area contributed by atoms with E-state index in [0.717, 1.165) is 6.07 Å². The minimum Gasteiger partial charge on any atom is -0.504 e. The van der Waals surface area contributed by atoms with Crippen LogP contribution in [0.15, 0.2) is 12.1 Å². The molecule has 0 heterocycles. The lowest BCUT2D eigenvalue weighted by molar-refractivity contribution is 0.369. The summed E-state index contributed by atoms with van der Waals surface area (Å²) in [6.07, 6.45) is 0. The molecule has 0 amide bonds. The topological polar surface area (TPSA) is 55.5 Å². The zero-order valence-electron chi connectivity index (χ0n) is 7.54. The van der Waals surface area contributed by atoms with Crippen molar-refractivity contribution in [3.05, 3.63) is 23.5 Å². The fourth-order valence-corrected chi connectivity index (χ4v) is 1.07. The smallest absolute Gasteiger partial charge is 0.163 e. The van der Waals surface area contributed by atoms with E-state index < -0.39 is 11.9 Å². The third-order valence-electron chi connectivity index (χ3n) is 1.79. The van der Waals surface area contributed by atoms with E-state index in [0.29, 0.717) is 0 Å². The molecule has 3 nitrogen and oxygen atoms in total. The molecule has 0 radical (unpaired) electrons. The minimum atomic E-state index is -0.468. The van der Waals surface area contributed by atoms with Gasteiger partial charge >= 0.3 is 0 Å². The number of hydrogen-bond acceptors (Lipinski definition) is 3. The number of aromatic hydroxyl groups is 1. The van der Waals surface area contributed by atoms with Crippen molar-refractivity contribution in [3.63, 3.8) is 0 Å². The minimum absolute atomic E-state index is 0.101. The van der Waals surface area contributed by atoms with E-state index in [9.17, 15) is 9.50 Å². The number of phenolic OH excluding ortho intramolecular Hbond substituents is 1. The molecule has 0 aliphatic carbocycles. The van der Waals surface area contributed by atoms with Crippen LogP contribution < -0.4 is 10.5 Å². The average molecular weight is 185 g/mol. The Labute approximate surface area is 75.9 Å². The van der Waals surface area contributed by atoms with Gasteiger partial charge in [0.15, 0.2) is 11.5 Å². The van der Waals surface area contributed by atoms with E-state index in [1.165, 1.54) is 13.2 Å². The Morgan fingerprint density at radius 2 is 2.15 bits per heavy atom. The second-order valence-corrected chi connectivity index (χ2v) is 2.83. The first-order valence-electron chi connectivity index (χ1n) is 3.88. The normalized spacial score (nSPS) is 12.6. The zero-order valence-corrected chi connectivity index (χ0v) is 7.54. The predicted octanol–water partition coefficient (Wildman–Crippen LogP) is 1.56. The number of nitrogens with two attached hydrogens (primary N) is 1. The summed E-state index contributed by atoms with van der Waals surface area (Å²) in [4.78, 5) is 0. The van der Waals surface area contributed by atoms with Gasteiger partial charge in [-0.15, -0.1) is 0 Å². The molecule has 72 valence electrons. The van der Waals surface area contributed by atoms with Crippen LogP contribution in [0.3, 0.4) is 0 Å². The molecule has 1 rings (SSSR count). The molecule has 13 heavy (non-hydrogen) atoms. The van der Waals surface area contributed by atoms with Crippen LogP contribution in [0.2, 0.25) is 0 Å². The monoisotopic (exact) mass is 185 g/mol. The molecule has 4 heteroatoms. The van der Waals surface area contributed by atoms with Gasteiger partial charge in [-0.25, -0.2) is 4.39 Å². The molecule has 3 N–H and O–H groups in total. The van der Waals surface area contributed by atoms with Crippen LogP contribution >= 0.6 is 0 Å². The van der Waals surface area contributed by atoms with Gasteiger partial charge in [-0.3, -0.25) is 0 Å². The van der Waals surface area contributed by atoms with Crippen LogP contribution in [-0.2, 0) is 0 Å². The van der Waals surface area contributed by atoms with E-state index in [-0.39, 0.29) is 17.1 Å². The van der Waals surface area contributed by atoms with Gasteiger partial charge in [-0.2, -0.15) is 0 Å². The summed E-state index contributed by atoms with van der Waals surface area (Å²) in [5.41, 5.74) is 5.76. The molecular weight excluding hydrogens is 173 g/mol. The van der Waals surface area contributed by atoms with Gasteiger partial charge in [0, 0.05) is 17.7 Å². The Bertz CT molecular complexity index is 313. The van der Waals surface area contributed by atoms with Crippen molar-refractivity contribution in [2.75, 3.05) is 7.11 Å². The lowest BCUT2D eigenvalue weighted by atomic mass is 10.1. The number of hydrogen-bond donors (Lipinski definition) is 2. The van der Waals surface area contributed by atoms with E-state index in [2.05, 4.69) is 0 Å². The summed E-state index contributed by atoms with van der Waals surface area (Å²) in [6, 6.07) is 1.95. The van der Waals surface area contributed by atoms with Gasteiger partial charge in [0.25, 0.3) is 0 Å². The fraction of sp³-hybridized carbons (Fsp3) is 0.333. The maximum atomic E-state index is 13.2. The van der Waals surface area contributed by atoms with Gasteiger partial charge < -0.3 is 15.6 Å². The summed E-state index contributed by atoms with van der Waals surface area (Å²) in [7, 11) is 1.36. The molecule has 0 saturated heterocycles. The van der Waals surface area contributed by atoms with Crippen molar-refractivity contribution in [1.82, 2.24) is 0 Å². The molecule has 1 unspecified atom stereocenters. The summed E-state index contributed by atoms with van der Waals surface area (Å²) < 4.78 is 17.9. The maximum absolute atomic E-state index is 13.2. The SMILES string of the molecule is COc1cc(F)c(C(C)N)cc1O. The number of benzene rings is 1. The third-order valence-corrected chi connectivity index (χ3v) is 1.79. The molecule has 1 aromatic carbocycles. The highest BCUT2D eigenvalue weighted by Crippen LogP contribution is 2.30. The number of rotatable bonds is 2. The Morgan fingerprint density at radius 1 is 1.54 bits per heavy atom. The van der Waals surface area contributed by atoms with Crippen LogP contribution in [0.4, 0.5) is 4.39 Å². The van der Waals surface area contributed by atoms with E-state index >= 15 is 0 Å². The highest BCUT2D eigenvalue weighted by molar-refractivity contribution is 5.43. The first-order chi connectivity index (χ1) is 6.06. The van der Waals surface area contributed by atoms with Crippen LogP contribution in [-0.4, -0.2) is 12.2 Å². The second kappa shape index (κ2) is 3.62. The first kappa shape index (κ1) is 9.80. The third kappa shape index (κ3) is 1.89. The van der Waals surface area contributed by atoms with Gasteiger partial charge in [0.05, 0.1) is 7.11 Å². The van der Waals surface area contributed by atoms with E-state index in [1.54, 1.807) is 6.92 Å². The molecule has 1 aromatic rings. The number of ether oxygens (including phenoxy) is 1. The molecule has 0 bridgehead atoms. The number of methoxy groups -OCH3 is 1. The van der Waals surface area contributed by atoms with E-state index in [1.807, 2.05) is 0 Å². The van der Waals surface area contributed by atoms with Crippen LogP contribution in [0, 0.1) is 5.82 Å². The van der Waals surface area contributed by atoms with Crippen molar-refractivity contribution >= 4 is 0 Å². The molecule has 0 fully saturated rings. The Morgan fingerprint density at radius 3 is 2.62 bits per heavy atom. The summed E-state index contributed by atoms with van der Waals surface area (Å²) in [5, 5.41) is 9.32. The standard InChI is InChI=1S/C9H12FNO2/c1-5(11)6-3-8(12)9(13-2)4-7(6)10/h3-5,12H,11H2,1-2H3. The highest BCUT2D eigenvalue weighted by Gasteiger charge is 2.11. The van der Waals surface area contributed by atoms with Crippen molar-refractivity contribution in [1.29, 1.82) is 0 Å². The van der Waals surface area contributed by atoms with Crippen molar-refractivity contribution in [3.8, 4) is 11.5 Å². The fourth-order valence-electron chi connectivity index (χ4n) is 1.07. The molecular formula is C9H12FNO2. The highest BCUT2D eigenvalue weighted by atomic mass is 19.1. The van der Waals surface area contributed by atoms with Gasteiger partial charge in [0.1, 0.15) is 5.82 Å². The second-order valence-electron chi connectivity index (χ2n) is 2.83. The molecule has 0 aliphatic heterocycles. The summed E-state index contributed by atoms with van der Waals surface area (Å²) in [6.45, 7) is 1.64. The largest absolute Gasteiger partial charge is 0.504 e. The molecule has 0 aliphatic rings. The predicted molar refractivity (Wildman–Crippen MR) is 47.2 cm³/mol. The molecule has 1 atom stereocenters. The number of halogens is 1. The molecule has 0 aromatic heterocycles. The van der Waals surface area contributed by atoms with Gasteiger partial charge in [-0.1, -0.05) is 0 Å². The Hall–Kier alpha value is -1.29. The van der Waals surface area contributed by atoms with E-state index in [4.69, 9.17) is 10.5 Å². The van der Waals surface area contributed by atoms with Crippen LogP contribution in [0.1, 0.15) is 18.5 Å². The van der Waals surface area contributed by atoms with Crippen molar-refractivity contribution < 1.29 is 14.2 Å². The number of phenols is 1. The van der Waals surface area contributed by atoms with Crippen LogP contribution in [0.25, 0.3) is 0 Å². The van der Waals surface area contributed by atoms with Gasteiger partial charge in [0.2, 0.25) is 0 Å². The summed E-state index contributed by atoms with van der Waals surface area (Å²) >= 11 is 0. The van der Waals surface area contributed by atoms with Crippen LogP contribution in [0.5, 0.6) is 11.5 Å². The lowest BCUT2D eigenvalue weighted by Crippen LogP contribution is -2.07. The quantitative estimate of drug-likeness (QED) is 0.735. The van der Waals surface area contributed by atoms with Crippen molar-refractivity contribution in [2.24, 2.45) is 5.73 Å². The Balaban J connectivity index is 3.20. The first-order valence-corrected chi connectivity index (χ1v) is 3.88. The maximum Gasteiger partial charge on any atom is 0.163 e. The molecule has 0 saturated carbocycles. The van der Waals surface area contributed by atoms with Crippen molar-refractivity contribution in [2.45, 2.75) is 13.0 Å². The Kier molecular flexibility index (Phi) is 2.72. The zero-order chi connectivity index (χ0) is 10.0.